The normalized spacial score (nSPS) is 13.7. The SMILES string of the molecule is COc1ccc(COC(C)[C@H](O)c2ccc(F)cc2)cc1. The highest BCUT2D eigenvalue weighted by molar-refractivity contribution is 5.26. The minimum atomic E-state index is -0.788. The zero-order valence-electron chi connectivity index (χ0n) is 12.1. The van der Waals surface area contributed by atoms with Crippen molar-refractivity contribution in [3.8, 4) is 5.75 Å². The van der Waals surface area contributed by atoms with Crippen LogP contribution in [0.3, 0.4) is 0 Å². The van der Waals surface area contributed by atoms with Gasteiger partial charge in [0.15, 0.2) is 0 Å². The molecule has 0 radical (unpaired) electrons. The van der Waals surface area contributed by atoms with Crippen LogP contribution in [0.25, 0.3) is 0 Å². The summed E-state index contributed by atoms with van der Waals surface area (Å²) in [6, 6.07) is 13.3. The van der Waals surface area contributed by atoms with E-state index in [1.165, 1.54) is 12.1 Å². The Morgan fingerprint density at radius 3 is 2.24 bits per heavy atom. The van der Waals surface area contributed by atoms with Crippen LogP contribution < -0.4 is 4.74 Å². The van der Waals surface area contributed by atoms with E-state index in [-0.39, 0.29) is 5.82 Å². The summed E-state index contributed by atoms with van der Waals surface area (Å²) in [6.07, 6.45) is -1.18. The molecule has 0 aliphatic rings. The molecule has 21 heavy (non-hydrogen) atoms. The summed E-state index contributed by atoms with van der Waals surface area (Å²) >= 11 is 0. The Balaban J connectivity index is 1.91. The lowest BCUT2D eigenvalue weighted by Gasteiger charge is -2.20. The second kappa shape index (κ2) is 7.20. The summed E-state index contributed by atoms with van der Waals surface area (Å²) in [6.45, 7) is 2.18. The first-order chi connectivity index (χ1) is 10.1. The molecule has 1 N–H and O–H groups in total. The molecule has 0 fully saturated rings. The Morgan fingerprint density at radius 1 is 1.05 bits per heavy atom. The summed E-state index contributed by atoms with van der Waals surface area (Å²) in [4.78, 5) is 0. The van der Waals surface area contributed by atoms with Crippen LogP contribution in [0, 0.1) is 5.82 Å². The highest BCUT2D eigenvalue weighted by Crippen LogP contribution is 2.21. The van der Waals surface area contributed by atoms with E-state index in [1.807, 2.05) is 24.3 Å². The van der Waals surface area contributed by atoms with Crippen molar-refractivity contribution in [2.75, 3.05) is 7.11 Å². The highest BCUT2D eigenvalue weighted by atomic mass is 19.1. The molecule has 112 valence electrons. The standard InChI is InChI=1S/C17H19FO3/c1-12(17(19)14-5-7-15(18)8-6-14)21-11-13-3-9-16(20-2)10-4-13/h3-10,12,17,19H,11H2,1-2H3/t12?,17-/m0/s1. The van der Waals surface area contributed by atoms with Gasteiger partial charge < -0.3 is 14.6 Å². The topological polar surface area (TPSA) is 38.7 Å². The van der Waals surface area contributed by atoms with Gasteiger partial charge in [0.2, 0.25) is 0 Å². The van der Waals surface area contributed by atoms with Crippen LogP contribution in [0.15, 0.2) is 48.5 Å². The Labute approximate surface area is 124 Å². The third-order valence-electron chi connectivity index (χ3n) is 3.33. The molecule has 4 heteroatoms. The third-order valence-corrected chi connectivity index (χ3v) is 3.33. The van der Waals surface area contributed by atoms with E-state index in [4.69, 9.17) is 9.47 Å². The monoisotopic (exact) mass is 290 g/mol. The van der Waals surface area contributed by atoms with Crippen molar-refractivity contribution in [3.05, 3.63) is 65.5 Å². The maximum atomic E-state index is 12.9. The van der Waals surface area contributed by atoms with Crippen molar-refractivity contribution < 1.29 is 19.0 Å². The number of methoxy groups -OCH3 is 1. The minimum absolute atomic E-state index is 0.322. The van der Waals surface area contributed by atoms with Crippen molar-refractivity contribution in [2.24, 2.45) is 0 Å². The first kappa shape index (κ1) is 15.5. The smallest absolute Gasteiger partial charge is 0.123 e. The molecule has 0 aliphatic carbocycles. The number of rotatable bonds is 6. The number of halogens is 1. The van der Waals surface area contributed by atoms with Gasteiger partial charge in [-0.2, -0.15) is 0 Å². The number of hydrogen-bond acceptors (Lipinski definition) is 3. The molecule has 0 saturated heterocycles. The summed E-state index contributed by atoms with van der Waals surface area (Å²) in [5.74, 6) is 0.468. The van der Waals surface area contributed by atoms with Crippen LogP contribution in [0.5, 0.6) is 5.75 Å². The maximum absolute atomic E-state index is 12.9. The largest absolute Gasteiger partial charge is 0.497 e. The van der Waals surface area contributed by atoms with Crippen LogP contribution >= 0.6 is 0 Å². The van der Waals surface area contributed by atoms with Gasteiger partial charge in [-0.25, -0.2) is 4.39 Å². The van der Waals surface area contributed by atoms with Crippen LogP contribution in [-0.2, 0) is 11.3 Å². The molecule has 2 aromatic rings. The Bertz CT molecular complexity index is 551. The first-order valence-corrected chi connectivity index (χ1v) is 6.78. The van der Waals surface area contributed by atoms with E-state index < -0.39 is 12.2 Å². The van der Waals surface area contributed by atoms with Gasteiger partial charge in [-0.05, 0) is 42.3 Å². The first-order valence-electron chi connectivity index (χ1n) is 6.78. The summed E-state index contributed by atoms with van der Waals surface area (Å²) in [5.41, 5.74) is 1.63. The minimum Gasteiger partial charge on any atom is -0.497 e. The van der Waals surface area contributed by atoms with Crippen LogP contribution in [0.2, 0.25) is 0 Å². The Morgan fingerprint density at radius 2 is 1.67 bits per heavy atom. The number of aliphatic hydroxyl groups excluding tert-OH is 1. The number of ether oxygens (including phenoxy) is 2. The van der Waals surface area contributed by atoms with Gasteiger partial charge in [-0.1, -0.05) is 24.3 Å². The summed E-state index contributed by atoms with van der Waals surface area (Å²) in [5, 5.41) is 10.2. The van der Waals surface area contributed by atoms with Gasteiger partial charge in [0, 0.05) is 0 Å². The average Bonchev–Trinajstić information content (AvgIpc) is 2.53. The van der Waals surface area contributed by atoms with Gasteiger partial charge in [-0.15, -0.1) is 0 Å². The predicted octanol–water partition coefficient (Wildman–Crippen LogP) is 3.47. The molecule has 0 aliphatic heterocycles. The van der Waals surface area contributed by atoms with Gasteiger partial charge in [0.25, 0.3) is 0 Å². The van der Waals surface area contributed by atoms with Crippen molar-refractivity contribution in [2.45, 2.75) is 25.7 Å². The van der Waals surface area contributed by atoms with Crippen LogP contribution in [0.1, 0.15) is 24.2 Å². The molecule has 0 amide bonds. The zero-order chi connectivity index (χ0) is 15.2. The average molecular weight is 290 g/mol. The van der Waals surface area contributed by atoms with Gasteiger partial charge in [-0.3, -0.25) is 0 Å². The molecule has 0 aromatic heterocycles. The fourth-order valence-corrected chi connectivity index (χ4v) is 1.97. The third kappa shape index (κ3) is 4.28. The fraction of sp³-hybridized carbons (Fsp3) is 0.294. The molecule has 0 bridgehead atoms. The Kier molecular flexibility index (Phi) is 5.31. The van der Waals surface area contributed by atoms with Gasteiger partial charge in [0.1, 0.15) is 17.7 Å². The zero-order valence-corrected chi connectivity index (χ0v) is 12.1. The van der Waals surface area contributed by atoms with E-state index in [9.17, 15) is 9.50 Å². The van der Waals surface area contributed by atoms with E-state index in [1.54, 1.807) is 26.2 Å². The summed E-state index contributed by atoms with van der Waals surface area (Å²) in [7, 11) is 1.62. The summed E-state index contributed by atoms with van der Waals surface area (Å²) < 4.78 is 23.6. The predicted molar refractivity (Wildman–Crippen MR) is 78.6 cm³/mol. The van der Waals surface area contributed by atoms with E-state index in [0.717, 1.165) is 11.3 Å². The lowest BCUT2D eigenvalue weighted by atomic mass is 10.1. The quantitative estimate of drug-likeness (QED) is 0.885. The van der Waals surface area contributed by atoms with E-state index in [2.05, 4.69) is 0 Å². The molecule has 2 rings (SSSR count). The number of benzene rings is 2. The second-order valence-corrected chi connectivity index (χ2v) is 4.86. The van der Waals surface area contributed by atoms with Crippen molar-refractivity contribution in [1.29, 1.82) is 0 Å². The van der Waals surface area contributed by atoms with Crippen LogP contribution in [0.4, 0.5) is 4.39 Å². The number of hydrogen-bond donors (Lipinski definition) is 1. The maximum Gasteiger partial charge on any atom is 0.123 e. The lowest BCUT2D eigenvalue weighted by molar-refractivity contribution is -0.0364. The van der Waals surface area contributed by atoms with Crippen molar-refractivity contribution in [1.82, 2.24) is 0 Å². The highest BCUT2D eigenvalue weighted by Gasteiger charge is 2.17. The van der Waals surface area contributed by atoms with Crippen LogP contribution in [-0.4, -0.2) is 18.3 Å². The number of aliphatic hydroxyl groups is 1. The Hall–Kier alpha value is -1.91. The molecular formula is C17H19FO3. The lowest BCUT2D eigenvalue weighted by Crippen LogP contribution is -2.18. The molecule has 0 heterocycles. The molecule has 1 unspecified atom stereocenters. The van der Waals surface area contributed by atoms with Gasteiger partial charge in [0.05, 0.1) is 19.8 Å². The van der Waals surface area contributed by atoms with E-state index >= 15 is 0 Å². The van der Waals surface area contributed by atoms with Gasteiger partial charge >= 0.3 is 0 Å². The van der Waals surface area contributed by atoms with Crippen molar-refractivity contribution in [3.63, 3.8) is 0 Å². The van der Waals surface area contributed by atoms with E-state index in [0.29, 0.717) is 12.2 Å². The molecule has 0 saturated carbocycles. The molecular weight excluding hydrogens is 271 g/mol. The molecule has 0 spiro atoms. The molecule has 2 atom stereocenters. The second-order valence-electron chi connectivity index (χ2n) is 4.86. The molecule has 2 aromatic carbocycles. The molecule has 3 nitrogen and oxygen atoms in total. The fourth-order valence-electron chi connectivity index (χ4n) is 1.97. The van der Waals surface area contributed by atoms with Crippen molar-refractivity contribution >= 4 is 0 Å².